The van der Waals surface area contributed by atoms with Crippen LogP contribution in [0, 0.1) is 0 Å². The standard InChI is InChI=1S/C22H34ClNO3/c1-3-4-5-14-22(23,26)15-17-24-16-6-7-20(24)13-10-18-8-11-19(12-9-18)21(25)27-2/h8-9,11-12,20,26H,3-7,10,13-17H2,1-2H3. The number of ether oxygens (including phenoxy) is 1. The first kappa shape index (κ1) is 22.2. The van der Waals surface area contributed by atoms with Gasteiger partial charge in [-0.25, -0.2) is 4.79 Å². The van der Waals surface area contributed by atoms with Gasteiger partial charge in [0.2, 0.25) is 0 Å². The number of aryl methyl sites for hydroxylation is 1. The summed E-state index contributed by atoms with van der Waals surface area (Å²) >= 11 is 6.31. The van der Waals surface area contributed by atoms with Crippen molar-refractivity contribution in [3.8, 4) is 0 Å². The van der Waals surface area contributed by atoms with Gasteiger partial charge in [-0.15, -0.1) is 0 Å². The first-order valence-electron chi connectivity index (χ1n) is 10.3. The largest absolute Gasteiger partial charge is 0.465 e. The van der Waals surface area contributed by atoms with E-state index in [1.165, 1.54) is 25.5 Å². The van der Waals surface area contributed by atoms with Crippen molar-refractivity contribution in [2.24, 2.45) is 0 Å². The van der Waals surface area contributed by atoms with Crippen LogP contribution in [0.4, 0.5) is 0 Å². The van der Waals surface area contributed by atoms with Gasteiger partial charge in [0.1, 0.15) is 5.06 Å². The lowest BCUT2D eigenvalue weighted by atomic mass is 10.0. The van der Waals surface area contributed by atoms with E-state index in [9.17, 15) is 9.90 Å². The molecule has 0 radical (unpaired) electrons. The molecule has 1 aliphatic heterocycles. The van der Waals surface area contributed by atoms with Crippen molar-refractivity contribution in [1.82, 2.24) is 4.90 Å². The number of halogens is 1. The van der Waals surface area contributed by atoms with Crippen molar-refractivity contribution in [1.29, 1.82) is 0 Å². The second-order valence-corrected chi connectivity index (χ2v) is 8.39. The third-order valence-electron chi connectivity index (χ3n) is 5.59. The third-order valence-corrected chi connectivity index (χ3v) is 5.96. The number of benzene rings is 1. The highest BCUT2D eigenvalue weighted by atomic mass is 35.5. The van der Waals surface area contributed by atoms with Crippen LogP contribution < -0.4 is 0 Å². The van der Waals surface area contributed by atoms with Crippen LogP contribution in [0.5, 0.6) is 0 Å². The molecular weight excluding hydrogens is 362 g/mol. The predicted octanol–water partition coefficient (Wildman–Crippen LogP) is 4.77. The molecule has 4 nitrogen and oxygen atoms in total. The summed E-state index contributed by atoms with van der Waals surface area (Å²) in [4.78, 5) is 14.0. The Morgan fingerprint density at radius 3 is 2.70 bits per heavy atom. The fourth-order valence-electron chi connectivity index (χ4n) is 3.86. The van der Waals surface area contributed by atoms with E-state index in [4.69, 9.17) is 16.3 Å². The van der Waals surface area contributed by atoms with Gasteiger partial charge in [0.05, 0.1) is 12.7 Å². The Kier molecular flexibility index (Phi) is 9.07. The fraction of sp³-hybridized carbons (Fsp3) is 0.682. The maximum atomic E-state index is 11.5. The molecular formula is C22H34ClNO3. The number of rotatable bonds is 11. The summed E-state index contributed by atoms with van der Waals surface area (Å²) in [5.41, 5.74) is 1.83. The lowest BCUT2D eigenvalue weighted by Gasteiger charge is -2.28. The molecule has 1 N–H and O–H groups in total. The van der Waals surface area contributed by atoms with Gasteiger partial charge in [0.25, 0.3) is 0 Å². The molecule has 1 heterocycles. The molecule has 152 valence electrons. The summed E-state index contributed by atoms with van der Waals surface area (Å²) in [6, 6.07) is 8.23. The number of aliphatic hydroxyl groups is 1. The molecule has 2 atom stereocenters. The summed E-state index contributed by atoms with van der Waals surface area (Å²) in [6.45, 7) is 4.11. The van der Waals surface area contributed by atoms with Crippen LogP contribution in [0.1, 0.15) is 74.2 Å². The van der Waals surface area contributed by atoms with E-state index in [0.29, 0.717) is 24.4 Å². The number of alkyl halides is 1. The molecule has 0 spiro atoms. The van der Waals surface area contributed by atoms with Crippen molar-refractivity contribution < 1.29 is 14.6 Å². The minimum atomic E-state index is -1.06. The molecule has 0 aliphatic carbocycles. The van der Waals surface area contributed by atoms with Gasteiger partial charge in [-0.2, -0.15) is 0 Å². The van der Waals surface area contributed by atoms with Crippen LogP contribution in [0.3, 0.4) is 0 Å². The van der Waals surface area contributed by atoms with E-state index in [-0.39, 0.29) is 5.97 Å². The van der Waals surface area contributed by atoms with E-state index in [0.717, 1.165) is 45.2 Å². The molecule has 5 heteroatoms. The summed E-state index contributed by atoms with van der Waals surface area (Å²) < 4.78 is 4.74. The topological polar surface area (TPSA) is 49.8 Å². The summed E-state index contributed by atoms with van der Waals surface area (Å²) in [5, 5.41) is 9.32. The van der Waals surface area contributed by atoms with Gasteiger partial charge >= 0.3 is 5.97 Å². The monoisotopic (exact) mass is 395 g/mol. The van der Waals surface area contributed by atoms with E-state index in [1.807, 2.05) is 24.3 Å². The lowest BCUT2D eigenvalue weighted by Crippen LogP contribution is -2.35. The summed E-state index contributed by atoms with van der Waals surface area (Å²) in [7, 11) is 1.40. The average molecular weight is 396 g/mol. The smallest absolute Gasteiger partial charge is 0.337 e. The SMILES string of the molecule is CCCCCC(O)(Cl)CCN1CCCC1CCc1ccc(C(=O)OC)cc1. The number of nitrogens with zero attached hydrogens (tertiary/aromatic N) is 1. The summed E-state index contributed by atoms with van der Waals surface area (Å²) in [6.07, 6.45) is 9.05. The van der Waals surface area contributed by atoms with Crippen LogP contribution in [0.15, 0.2) is 24.3 Å². The molecule has 2 unspecified atom stereocenters. The Balaban J connectivity index is 1.78. The average Bonchev–Trinajstić information content (AvgIpc) is 3.12. The highest BCUT2D eigenvalue weighted by Gasteiger charge is 2.28. The second-order valence-electron chi connectivity index (χ2n) is 7.68. The van der Waals surface area contributed by atoms with Crippen LogP contribution in [-0.4, -0.2) is 47.3 Å². The molecule has 1 fully saturated rings. The molecule has 0 amide bonds. The molecule has 0 aromatic heterocycles. The number of hydrogen-bond donors (Lipinski definition) is 1. The van der Waals surface area contributed by atoms with Crippen molar-refractivity contribution in [3.05, 3.63) is 35.4 Å². The molecule has 2 rings (SSSR count). The van der Waals surface area contributed by atoms with Gasteiger partial charge in [-0.05, 0) is 62.8 Å². The van der Waals surface area contributed by atoms with E-state index in [1.54, 1.807) is 0 Å². The third kappa shape index (κ3) is 7.44. The van der Waals surface area contributed by atoms with Gasteiger partial charge in [0, 0.05) is 19.0 Å². The number of methoxy groups -OCH3 is 1. The molecule has 1 saturated heterocycles. The number of likely N-dealkylation sites (tertiary alicyclic amines) is 1. The van der Waals surface area contributed by atoms with Gasteiger partial charge in [-0.3, -0.25) is 0 Å². The number of carbonyl (C=O) groups is 1. The first-order valence-corrected chi connectivity index (χ1v) is 10.7. The van der Waals surface area contributed by atoms with E-state index in [2.05, 4.69) is 11.8 Å². The Bertz CT molecular complexity index is 573. The minimum Gasteiger partial charge on any atom is -0.465 e. The van der Waals surface area contributed by atoms with Crippen molar-refractivity contribution >= 4 is 17.6 Å². The number of unbranched alkanes of at least 4 members (excludes halogenated alkanes) is 2. The number of esters is 1. The zero-order valence-corrected chi connectivity index (χ0v) is 17.5. The molecule has 0 saturated carbocycles. The second kappa shape index (κ2) is 11.0. The Morgan fingerprint density at radius 2 is 2.04 bits per heavy atom. The zero-order valence-electron chi connectivity index (χ0n) is 16.8. The van der Waals surface area contributed by atoms with Gasteiger partial charge in [0.15, 0.2) is 0 Å². The molecule has 1 aromatic rings. The lowest BCUT2D eigenvalue weighted by molar-refractivity contribution is 0.0600. The predicted molar refractivity (Wildman–Crippen MR) is 110 cm³/mol. The maximum absolute atomic E-state index is 11.5. The number of carbonyl (C=O) groups excluding carboxylic acids is 1. The first-order chi connectivity index (χ1) is 12.9. The quantitative estimate of drug-likeness (QED) is 0.333. The van der Waals surface area contributed by atoms with Crippen molar-refractivity contribution in [3.63, 3.8) is 0 Å². The molecule has 27 heavy (non-hydrogen) atoms. The van der Waals surface area contributed by atoms with Crippen LogP contribution in [-0.2, 0) is 11.2 Å². The minimum absolute atomic E-state index is 0.295. The normalized spacial score (nSPS) is 19.8. The maximum Gasteiger partial charge on any atom is 0.337 e. The summed E-state index contributed by atoms with van der Waals surface area (Å²) in [5.74, 6) is -0.295. The molecule has 1 aromatic carbocycles. The van der Waals surface area contributed by atoms with E-state index >= 15 is 0 Å². The Morgan fingerprint density at radius 1 is 1.30 bits per heavy atom. The zero-order chi connectivity index (χ0) is 19.7. The number of hydrogen-bond acceptors (Lipinski definition) is 4. The molecule has 0 bridgehead atoms. The van der Waals surface area contributed by atoms with Gasteiger partial charge in [-0.1, -0.05) is 43.5 Å². The van der Waals surface area contributed by atoms with Gasteiger partial charge < -0.3 is 14.7 Å². The van der Waals surface area contributed by atoms with Crippen LogP contribution in [0.25, 0.3) is 0 Å². The Hall–Kier alpha value is -1.10. The van der Waals surface area contributed by atoms with Crippen LogP contribution in [0.2, 0.25) is 0 Å². The molecule has 1 aliphatic rings. The van der Waals surface area contributed by atoms with Crippen LogP contribution >= 0.6 is 11.6 Å². The Labute approximate surface area is 168 Å². The van der Waals surface area contributed by atoms with Crippen molar-refractivity contribution in [2.45, 2.75) is 75.8 Å². The highest BCUT2D eigenvalue weighted by Crippen LogP contribution is 2.28. The highest BCUT2D eigenvalue weighted by molar-refractivity contribution is 6.22. The van der Waals surface area contributed by atoms with Crippen molar-refractivity contribution in [2.75, 3.05) is 20.2 Å². The van der Waals surface area contributed by atoms with E-state index < -0.39 is 5.06 Å². The fourth-order valence-corrected chi connectivity index (χ4v) is 4.08.